The molecule has 0 aliphatic carbocycles. The molecule has 1 N–H and O–H groups in total. The van der Waals surface area contributed by atoms with E-state index in [1.54, 1.807) is 42.5 Å². The van der Waals surface area contributed by atoms with Crippen molar-refractivity contribution in [3.8, 4) is 5.75 Å². The largest absolute Gasteiger partial charge is 0.507 e. The molecule has 1 aliphatic heterocycles. The highest BCUT2D eigenvalue weighted by Crippen LogP contribution is 2.41. The van der Waals surface area contributed by atoms with Gasteiger partial charge in [0.2, 0.25) is 0 Å². The number of nitro benzene ring substituents is 1. The maximum Gasteiger partial charge on any atom is 0.296 e. The normalized spacial score (nSPS) is 17.4. The molecule has 3 aromatic rings. The van der Waals surface area contributed by atoms with Gasteiger partial charge in [-0.2, -0.15) is 0 Å². The van der Waals surface area contributed by atoms with Gasteiger partial charge in [0.1, 0.15) is 17.3 Å². The van der Waals surface area contributed by atoms with Crippen LogP contribution < -0.4 is 4.74 Å². The zero-order chi connectivity index (χ0) is 23.5. The zero-order valence-electron chi connectivity index (χ0n) is 17.6. The number of furan rings is 1. The van der Waals surface area contributed by atoms with Crippen molar-refractivity contribution in [1.82, 2.24) is 4.90 Å². The number of ether oxygens (including phenoxy) is 1. The van der Waals surface area contributed by atoms with Crippen molar-refractivity contribution in [2.75, 3.05) is 6.61 Å². The number of nitrogens with zero attached hydrogens (tertiary/aromatic N) is 2. The van der Waals surface area contributed by atoms with Gasteiger partial charge in [0, 0.05) is 17.7 Å². The predicted octanol–water partition coefficient (Wildman–Crippen LogP) is 4.21. The Labute approximate surface area is 188 Å². The summed E-state index contributed by atoms with van der Waals surface area (Å²) in [5, 5.41) is 22.5. The predicted molar refractivity (Wildman–Crippen MR) is 117 cm³/mol. The first kappa shape index (κ1) is 21.8. The van der Waals surface area contributed by atoms with Gasteiger partial charge in [-0.1, -0.05) is 24.3 Å². The topological polar surface area (TPSA) is 123 Å². The Balaban J connectivity index is 1.88. The van der Waals surface area contributed by atoms with E-state index in [1.807, 2.05) is 6.92 Å². The summed E-state index contributed by atoms with van der Waals surface area (Å²) in [6.07, 6.45) is 1.44. The maximum atomic E-state index is 13.1. The molecule has 1 fully saturated rings. The summed E-state index contributed by atoms with van der Waals surface area (Å²) in [4.78, 5) is 38.1. The molecule has 33 heavy (non-hydrogen) atoms. The molecule has 1 unspecified atom stereocenters. The highest BCUT2D eigenvalue weighted by atomic mass is 16.6. The fraction of sp³-hybridized carbons (Fsp3) is 0.167. The van der Waals surface area contributed by atoms with Gasteiger partial charge in [0.25, 0.3) is 17.4 Å². The molecule has 9 nitrogen and oxygen atoms in total. The van der Waals surface area contributed by atoms with E-state index in [-0.39, 0.29) is 23.4 Å². The van der Waals surface area contributed by atoms with Crippen LogP contribution in [0.2, 0.25) is 0 Å². The number of hydrogen-bond donors (Lipinski definition) is 1. The fourth-order valence-electron chi connectivity index (χ4n) is 3.82. The molecule has 1 aromatic heterocycles. The number of amides is 1. The first-order valence-electron chi connectivity index (χ1n) is 10.2. The Kier molecular flexibility index (Phi) is 5.95. The van der Waals surface area contributed by atoms with Crippen LogP contribution in [0.25, 0.3) is 5.76 Å². The van der Waals surface area contributed by atoms with E-state index in [0.29, 0.717) is 23.7 Å². The molecule has 1 saturated heterocycles. The second-order valence-electron chi connectivity index (χ2n) is 7.32. The van der Waals surface area contributed by atoms with E-state index in [0.717, 1.165) is 0 Å². The average Bonchev–Trinajstić information content (AvgIpc) is 3.41. The maximum absolute atomic E-state index is 13.1. The number of carbonyl (C=O) groups excluding carboxylic acids is 2. The van der Waals surface area contributed by atoms with Crippen LogP contribution in [0.1, 0.15) is 29.9 Å². The average molecular weight is 448 g/mol. The van der Waals surface area contributed by atoms with Crippen molar-refractivity contribution < 1.29 is 28.8 Å². The van der Waals surface area contributed by atoms with E-state index < -0.39 is 28.4 Å². The molecule has 0 radical (unpaired) electrons. The van der Waals surface area contributed by atoms with Gasteiger partial charge in [0.15, 0.2) is 0 Å². The van der Waals surface area contributed by atoms with E-state index in [9.17, 15) is 24.8 Å². The first-order valence-corrected chi connectivity index (χ1v) is 10.2. The van der Waals surface area contributed by atoms with Crippen LogP contribution in [0.5, 0.6) is 5.75 Å². The lowest BCUT2D eigenvalue weighted by Gasteiger charge is -2.24. The molecule has 1 aliphatic rings. The van der Waals surface area contributed by atoms with Crippen molar-refractivity contribution >= 4 is 23.1 Å². The second-order valence-corrected chi connectivity index (χ2v) is 7.32. The van der Waals surface area contributed by atoms with E-state index >= 15 is 0 Å². The van der Waals surface area contributed by atoms with E-state index in [4.69, 9.17) is 9.15 Å². The van der Waals surface area contributed by atoms with Crippen molar-refractivity contribution in [2.45, 2.75) is 19.5 Å². The number of nitro groups is 1. The molecule has 2 heterocycles. The highest BCUT2D eigenvalue weighted by molar-refractivity contribution is 6.46. The first-order chi connectivity index (χ1) is 15.9. The summed E-state index contributed by atoms with van der Waals surface area (Å²) in [6.45, 7) is 2.17. The number of benzene rings is 2. The quantitative estimate of drug-likeness (QED) is 0.189. The zero-order valence-corrected chi connectivity index (χ0v) is 17.6. The molecule has 0 spiro atoms. The lowest BCUT2D eigenvalue weighted by atomic mass is 9.95. The standard InChI is InChI=1S/C24H20N2O7/c1-2-32-18-9-4-7-16(13-18)22(27)20-21(15-6-3-8-17(12-15)26(30)31)25(24(29)23(20)28)14-19-10-5-11-33-19/h3-13,21,27H,2,14H2,1H3/b22-20+. The number of rotatable bonds is 7. The highest BCUT2D eigenvalue weighted by Gasteiger charge is 2.46. The van der Waals surface area contributed by atoms with Crippen LogP contribution in [-0.4, -0.2) is 33.2 Å². The van der Waals surface area contributed by atoms with Gasteiger partial charge >= 0.3 is 0 Å². The number of Topliss-reactive ketones (excluding diaryl/α,β-unsaturated/α-hetero) is 1. The lowest BCUT2D eigenvalue weighted by molar-refractivity contribution is -0.384. The summed E-state index contributed by atoms with van der Waals surface area (Å²) < 4.78 is 10.8. The Hall–Kier alpha value is -4.40. The third-order valence-corrected chi connectivity index (χ3v) is 5.26. The number of ketones is 1. The lowest BCUT2D eigenvalue weighted by Crippen LogP contribution is -2.29. The summed E-state index contributed by atoms with van der Waals surface area (Å²) >= 11 is 0. The van der Waals surface area contributed by atoms with E-state index in [2.05, 4.69) is 0 Å². The Morgan fingerprint density at radius 1 is 1.15 bits per heavy atom. The van der Waals surface area contributed by atoms with Crippen molar-refractivity contribution in [1.29, 1.82) is 0 Å². The van der Waals surface area contributed by atoms with Crippen LogP contribution in [0.4, 0.5) is 5.69 Å². The molecule has 1 amide bonds. The fourth-order valence-corrected chi connectivity index (χ4v) is 3.82. The second kappa shape index (κ2) is 8.99. The number of carbonyl (C=O) groups is 2. The Morgan fingerprint density at radius 2 is 1.94 bits per heavy atom. The minimum Gasteiger partial charge on any atom is -0.507 e. The summed E-state index contributed by atoms with van der Waals surface area (Å²) in [5.74, 6) is -1.22. The number of non-ortho nitro benzene ring substituents is 1. The van der Waals surface area contributed by atoms with Crippen LogP contribution in [0, 0.1) is 10.1 Å². The Morgan fingerprint density at radius 3 is 2.64 bits per heavy atom. The number of aliphatic hydroxyl groups excluding tert-OH is 1. The van der Waals surface area contributed by atoms with Gasteiger partial charge in [-0.25, -0.2) is 0 Å². The van der Waals surface area contributed by atoms with Gasteiger partial charge in [0.05, 0.1) is 36.0 Å². The molecule has 4 rings (SSSR count). The summed E-state index contributed by atoms with van der Waals surface area (Å²) in [6, 6.07) is 14.4. The minimum atomic E-state index is -1.05. The molecule has 1 atom stereocenters. The molecule has 0 saturated carbocycles. The number of hydrogen-bond acceptors (Lipinski definition) is 7. The van der Waals surface area contributed by atoms with Crippen molar-refractivity contribution in [2.24, 2.45) is 0 Å². The monoisotopic (exact) mass is 448 g/mol. The van der Waals surface area contributed by atoms with Crippen molar-refractivity contribution in [3.63, 3.8) is 0 Å². The molecular formula is C24H20N2O7. The van der Waals surface area contributed by atoms with Gasteiger partial charge < -0.3 is 19.2 Å². The van der Waals surface area contributed by atoms with Crippen LogP contribution in [0.15, 0.2) is 76.9 Å². The third kappa shape index (κ3) is 4.20. The smallest absolute Gasteiger partial charge is 0.296 e. The van der Waals surface area contributed by atoms with Crippen LogP contribution in [-0.2, 0) is 16.1 Å². The summed E-state index contributed by atoms with van der Waals surface area (Å²) in [7, 11) is 0. The Bertz CT molecular complexity index is 1250. The van der Waals surface area contributed by atoms with Crippen LogP contribution >= 0.6 is 0 Å². The van der Waals surface area contributed by atoms with E-state index in [1.165, 1.54) is 29.4 Å². The SMILES string of the molecule is CCOc1cccc(/C(O)=C2\C(=O)C(=O)N(Cc3ccco3)C2c2cccc([N+](=O)[O-])c2)c1. The van der Waals surface area contributed by atoms with Gasteiger partial charge in [-0.3, -0.25) is 19.7 Å². The number of likely N-dealkylation sites (tertiary alicyclic amines) is 1. The third-order valence-electron chi connectivity index (χ3n) is 5.26. The molecule has 2 aromatic carbocycles. The summed E-state index contributed by atoms with van der Waals surface area (Å²) in [5.41, 5.74) is 0.236. The minimum absolute atomic E-state index is 0.0549. The molecule has 0 bridgehead atoms. The van der Waals surface area contributed by atoms with Crippen molar-refractivity contribution in [3.05, 3.63) is 99.5 Å². The van der Waals surface area contributed by atoms with Gasteiger partial charge in [-0.15, -0.1) is 0 Å². The molecular weight excluding hydrogens is 428 g/mol. The molecule has 9 heteroatoms. The van der Waals surface area contributed by atoms with Gasteiger partial charge in [-0.05, 0) is 36.8 Å². The van der Waals surface area contributed by atoms with Crippen LogP contribution in [0.3, 0.4) is 0 Å². The number of aliphatic hydroxyl groups is 1. The molecule has 168 valence electrons.